The number of amides is 1. The van der Waals surface area contributed by atoms with E-state index in [9.17, 15) is 10.1 Å². The number of aromatic nitrogens is 3. The maximum absolute atomic E-state index is 12.4. The second-order valence-electron chi connectivity index (χ2n) is 7.35. The lowest BCUT2D eigenvalue weighted by Gasteiger charge is -2.10. The van der Waals surface area contributed by atoms with Crippen molar-refractivity contribution >= 4 is 34.7 Å². The van der Waals surface area contributed by atoms with Gasteiger partial charge in [-0.25, -0.2) is 0 Å². The largest absolute Gasteiger partial charge is 0.325 e. The Morgan fingerprint density at radius 2 is 1.88 bits per heavy atom. The molecule has 166 valence electrons. The summed E-state index contributed by atoms with van der Waals surface area (Å²) in [6, 6.07) is 23.6. The van der Waals surface area contributed by atoms with Gasteiger partial charge in [-0.15, -0.1) is 21.5 Å². The van der Waals surface area contributed by atoms with Crippen molar-refractivity contribution in [1.29, 1.82) is 5.26 Å². The van der Waals surface area contributed by atoms with E-state index in [1.807, 2.05) is 24.3 Å². The SMILES string of the molecule is N#Cc1ccccc1NC(=O)CCSc1nnc(Cc2cccs2)n1CCc1ccccc1. The molecule has 0 aliphatic heterocycles. The molecule has 8 heteroatoms. The van der Waals surface area contributed by atoms with Crippen LogP contribution in [0.2, 0.25) is 0 Å². The quantitative estimate of drug-likeness (QED) is 0.322. The van der Waals surface area contributed by atoms with Crippen LogP contribution < -0.4 is 5.32 Å². The molecule has 0 saturated heterocycles. The Kier molecular flexibility index (Phi) is 7.90. The van der Waals surface area contributed by atoms with Crippen LogP contribution in [0.3, 0.4) is 0 Å². The summed E-state index contributed by atoms with van der Waals surface area (Å²) in [4.78, 5) is 13.7. The first-order chi connectivity index (χ1) is 16.2. The van der Waals surface area contributed by atoms with Gasteiger partial charge in [0.05, 0.1) is 11.3 Å². The first kappa shape index (κ1) is 22.8. The number of anilines is 1. The number of aryl methyl sites for hydroxylation is 1. The van der Waals surface area contributed by atoms with E-state index in [0.717, 1.165) is 30.4 Å². The summed E-state index contributed by atoms with van der Waals surface area (Å²) in [5.74, 6) is 1.38. The number of hydrogen-bond acceptors (Lipinski definition) is 6. The maximum Gasteiger partial charge on any atom is 0.225 e. The first-order valence-electron chi connectivity index (χ1n) is 10.6. The van der Waals surface area contributed by atoms with Gasteiger partial charge in [0.15, 0.2) is 5.16 Å². The number of rotatable bonds is 10. The number of hydrogen-bond donors (Lipinski definition) is 1. The topological polar surface area (TPSA) is 83.6 Å². The fourth-order valence-electron chi connectivity index (χ4n) is 3.37. The summed E-state index contributed by atoms with van der Waals surface area (Å²) in [5.41, 5.74) is 2.26. The van der Waals surface area contributed by atoms with E-state index >= 15 is 0 Å². The molecule has 0 bridgehead atoms. The lowest BCUT2D eigenvalue weighted by molar-refractivity contribution is -0.115. The van der Waals surface area contributed by atoms with Gasteiger partial charge in [-0.1, -0.05) is 60.3 Å². The zero-order valence-electron chi connectivity index (χ0n) is 18.0. The fraction of sp³-hybridized carbons (Fsp3) is 0.200. The summed E-state index contributed by atoms with van der Waals surface area (Å²) < 4.78 is 2.17. The van der Waals surface area contributed by atoms with Crippen LogP contribution in [0.5, 0.6) is 0 Å². The van der Waals surface area contributed by atoms with Gasteiger partial charge >= 0.3 is 0 Å². The predicted molar refractivity (Wildman–Crippen MR) is 132 cm³/mol. The highest BCUT2D eigenvalue weighted by Crippen LogP contribution is 2.22. The zero-order chi connectivity index (χ0) is 22.9. The predicted octanol–water partition coefficient (Wildman–Crippen LogP) is 5.17. The number of benzene rings is 2. The summed E-state index contributed by atoms with van der Waals surface area (Å²) >= 11 is 3.24. The third-order valence-corrected chi connectivity index (χ3v) is 6.90. The molecule has 0 atom stereocenters. The van der Waals surface area contributed by atoms with E-state index in [0.29, 0.717) is 23.4 Å². The van der Waals surface area contributed by atoms with Crippen LogP contribution in [0.25, 0.3) is 0 Å². The number of nitrogens with zero attached hydrogens (tertiary/aromatic N) is 4. The average molecular weight is 474 g/mol. The van der Waals surface area contributed by atoms with E-state index in [2.05, 4.69) is 49.7 Å². The first-order valence-corrected chi connectivity index (χ1v) is 12.5. The zero-order valence-corrected chi connectivity index (χ0v) is 19.6. The maximum atomic E-state index is 12.4. The Balaban J connectivity index is 1.40. The number of nitriles is 1. The molecule has 0 saturated carbocycles. The molecule has 0 spiro atoms. The molecule has 0 unspecified atom stereocenters. The number of carbonyl (C=O) groups excluding carboxylic acids is 1. The van der Waals surface area contributed by atoms with Crippen molar-refractivity contribution in [2.75, 3.05) is 11.1 Å². The highest BCUT2D eigenvalue weighted by atomic mass is 32.2. The van der Waals surface area contributed by atoms with Crippen molar-refractivity contribution in [3.63, 3.8) is 0 Å². The Labute approximate surface area is 201 Å². The van der Waals surface area contributed by atoms with Crippen LogP contribution in [-0.2, 0) is 24.2 Å². The third-order valence-electron chi connectivity index (χ3n) is 5.05. The summed E-state index contributed by atoms with van der Waals surface area (Å²) in [7, 11) is 0. The van der Waals surface area contributed by atoms with Crippen molar-refractivity contribution in [3.05, 3.63) is 93.9 Å². The third kappa shape index (κ3) is 6.31. The molecule has 4 aromatic rings. The highest BCUT2D eigenvalue weighted by molar-refractivity contribution is 7.99. The van der Waals surface area contributed by atoms with Crippen LogP contribution in [0, 0.1) is 11.3 Å². The Bertz CT molecular complexity index is 1230. The van der Waals surface area contributed by atoms with Crippen LogP contribution in [0.15, 0.2) is 77.3 Å². The lowest BCUT2D eigenvalue weighted by atomic mass is 10.1. The normalized spacial score (nSPS) is 10.6. The minimum atomic E-state index is -0.126. The van der Waals surface area contributed by atoms with Crippen molar-refractivity contribution in [2.45, 2.75) is 31.0 Å². The van der Waals surface area contributed by atoms with Gasteiger partial charge in [0.25, 0.3) is 0 Å². The van der Waals surface area contributed by atoms with Crippen molar-refractivity contribution in [2.24, 2.45) is 0 Å². The van der Waals surface area contributed by atoms with Crippen LogP contribution in [0.1, 0.15) is 28.2 Å². The Morgan fingerprint density at radius 1 is 1.06 bits per heavy atom. The lowest BCUT2D eigenvalue weighted by Crippen LogP contribution is -2.13. The number of carbonyl (C=O) groups is 1. The van der Waals surface area contributed by atoms with Gasteiger partial charge in [0.1, 0.15) is 11.9 Å². The van der Waals surface area contributed by atoms with Crippen molar-refractivity contribution < 1.29 is 4.79 Å². The molecule has 2 heterocycles. The van der Waals surface area contributed by atoms with E-state index in [-0.39, 0.29) is 5.91 Å². The minimum absolute atomic E-state index is 0.126. The van der Waals surface area contributed by atoms with E-state index in [1.54, 1.807) is 35.6 Å². The van der Waals surface area contributed by atoms with E-state index in [4.69, 9.17) is 0 Å². The van der Waals surface area contributed by atoms with Gasteiger partial charge in [-0.2, -0.15) is 5.26 Å². The van der Waals surface area contributed by atoms with Crippen LogP contribution in [0.4, 0.5) is 5.69 Å². The molecule has 2 aromatic carbocycles. The Morgan fingerprint density at radius 3 is 2.67 bits per heavy atom. The molecule has 1 N–H and O–H groups in total. The summed E-state index contributed by atoms with van der Waals surface area (Å²) in [6.45, 7) is 0.780. The van der Waals surface area contributed by atoms with Crippen molar-refractivity contribution in [3.8, 4) is 6.07 Å². The monoisotopic (exact) mass is 473 g/mol. The summed E-state index contributed by atoms with van der Waals surface area (Å²) in [5, 5.41) is 23.8. The molecule has 0 aliphatic carbocycles. The van der Waals surface area contributed by atoms with Crippen LogP contribution >= 0.6 is 23.1 Å². The molecule has 0 radical (unpaired) electrons. The van der Waals surface area contributed by atoms with E-state index < -0.39 is 0 Å². The molecule has 6 nitrogen and oxygen atoms in total. The fourth-order valence-corrected chi connectivity index (χ4v) is 5.00. The molecule has 4 rings (SSSR count). The molecule has 1 amide bonds. The second-order valence-corrected chi connectivity index (χ2v) is 9.44. The van der Waals surface area contributed by atoms with Gasteiger partial charge in [-0.05, 0) is 35.6 Å². The molecule has 0 fully saturated rings. The number of thioether (sulfide) groups is 1. The van der Waals surface area contributed by atoms with Crippen LogP contribution in [-0.4, -0.2) is 26.4 Å². The second kappa shape index (κ2) is 11.5. The molecular formula is C25H23N5OS2. The molecule has 33 heavy (non-hydrogen) atoms. The van der Waals surface area contributed by atoms with Gasteiger partial charge in [0, 0.05) is 30.0 Å². The smallest absolute Gasteiger partial charge is 0.225 e. The number of para-hydroxylation sites is 1. The van der Waals surface area contributed by atoms with Gasteiger partial charge < -0.3 is 9.88 Å². The summed E-state index contributed by atoms with van der Waals surface area (Å²) in [6.07, 6.45) is 1.94. The molecule has 0 aliphatic rings. The molecule has 2 aromatic heterocycles. The van der Waals surface area contributed by atoms with Gasteiger partial charge in [-0.3, -0.25) is 4.79 Å². The Hall–Kier alpha value is -3.41. The molecular weight excluding hydrogens is 450 g/mol. The standard InChI is InChI=1S/C25H23N5OS2/c26-18-20-9-4-5-11-22(20)27-24(31)13-16-33-25-29-28-23(17-21-10-6-15-32-21)30(25)14-12-19-7-2-1-3-8-19/h1-11,15H,12-14,16-17H2,(H,27,31). The van der Waals surface area contributed by atoms with Crippen molar-refractivity contribution in [1.82, 2.24) is 14.8 Å². The van der Waals surface area contributed by atoms with Gasteiger partial charge in [0.2, 0.25) is 5.91 Å². The number of nitrogens with one attached hydrogen (secondary N) is 1. The van der Waals surface area contributed by atoms with E-state index in [1.165, 1.54) is 22.2 Å². The number of thiophene rings is 1. The highest BCUT2D eigenvalue weighted by Gasteiger charge is 2.15. The average Bonchev–Trinajstić information content (AvgIpc) is 3.49. The minimum Gasteiger partial charge on any atom is -0.325 e.